The van der Waals surface area contributed by atoms with Crippen molar-refractivity contribution in [2.45, 2.75) is 88.9 Å². The minimum atomic E-state index is -4.93. The van der Waals surface area contributed by atoms with Gasteiger partial charge in [0.2, 0.25) is 0 Å². The van der Waals surface area contributed by atoms with E-state index < -0.39 is 26.2 Å². The lowest BCUT2D eigenvalue weighted by molar-refractivity contribution is -0.209. The SMILES string of the molecule is COC[C@@H]1CCCN1N(C(=O)C(F)(F)F)[C@H](C)[C@H](Cc1ccccc1)[Si](C)(C)C(C)(C)C. The summed E-state index contributed by atoms with van der Waals surface area (Å²) in [5.74, 6) is -1.77. The van der Waals surface area contributed by atoms with E-state index in [1.54, 1.807) is 19.0 Å². The minimum Gasteiger partial charge on any atom is -0.383 e. The van der Waals surface area contributed by atoms with Crippen molar-refractivity contribution in [1.82, 2.24) is 10.0 Å². The van der Waals surface area contributed by atoms with Gasteiger partial charge in [0.1, 0.15) is 0 Å². The van der Waals surface area contributed by atoms with Crippen molar-refractivity contribution >= 4 is 14.0 Å². The van der Waals surface area contributed by atoms with Crippen molar-refractivity contribution in [3.8, 4) is 0 Å². The van der Waals surface area contributed by atoms with E-state index >= 15 is 0 Å². The second-order valence-electron chi connectivity index (χ2n) is 10.6. The monoisotopic (exact) mass is 472 g/mol. The third kappa shape index (κ3) is 5.94. The van der Waals surface area contributed by atoms with Crippen LogP contribution < -0.4 is 0 Å². The van der Waals surface area contributed by atoms with Crippen molar-refractivity contribution in [3.63, 3.8) is 0 Å². The normalized spacial score (nSPS) is 20.2. The van der Waals surface area contributed by atoms with Crippen molar-refractivity contribution in [1.29, 1.82) is 0 Å². The smallest absolute Gasteiger partial charge is 0.383 e. The van der Waals surface area contributed by atoms with Gasteiger partial charge in [0, 0.05) is 19.7 Å². The van der Waals surface area contributed by atoms with E-state index in [4.69, 9.17) is 4.74 Å². The van der Waals surface area contributed by atoms with Gasteiger partial charge in [-0.2, -0.15) is 13.2 Å². The molecule has 0 saturated carbocycles. The van der Waals surface area contributed by atoms with Crippen LogP contribution in [0.3, 0.4) is 0 Å². The number of ether oxygens (including phenoxy) is 1. The number of carbonyl (C=O) groups excluding carboxylic acids is 1. The van der Waals surface area contributed by atoms with Crippen LogP contribution in [0, 0.1) is 0 Å². The lowest BCUT2D eigenvalue weighted by Crippen LogP contribution is -2.62. The first-order valence-corrected chi connectivity index (χ1v) is 14.5. The van der Waals surface area contributed by atoms with Crippen molar-refractivity contribution in [2.24, 2.45) is 0 Å². The zero-order chi connectivity index (χ0) is 24.3. The van der Waals surface area contributed by atoms with Gasteiger partial charge in [0.25, 0.3) is 0 Å². The predicted octanol–water partition coefficient (Wildman–Crippen LogP) is 5.91. The highest BCUT2D eigenvalue weighted by Crippen LogP contribution is 2.48. The van der Waals surface area contributed by atoms with E-state index in [-0.39, 0.29) is 16.6 Å². The standard InChI is InChI=1S/C24H39F3N2O2Si/c1-18(21(32(6,7)23(2,3)4)16-19-12-9-8-10-13-19)29(22(30)24(25,26)27)28-15-11-14-20(28)17-31-5/h8-10,12-13,18,20-21H,11,14-17H2,1-7H3/t18-,20+,21+/m1/s1. The molecule has 182 valence electrons. The largest absolute Gasteiger partial charge is 0.472 e. The maximum absolute atomic E-state index is 13.8. The van der Waals surface area contributed by atoms with Crippen LogP contribution in [0.5, 0.6) is 0 Å². The maximum Gasteiger partial charge on any atom is 0.472 e. The van der Waals surface area contributed by atoms with Crippen molar-refractivity contribution in [2.75, 3.05) is 20.3 Å². The third-order valence-corrected chi connectivity index (χ3v) is 14.0. The molecule has 0 radical (unpaired) electrons. The molecule has 8 heteroatoms. The average molecular weight is 473 g/mol. The number of halogens is 3. The lowest BCUT2D eigenvalue weighted by Gasteiger charge is -2.50. The predicted molar refractivity (Wildman–Crippen MR) is 125 cm³/mol. The third-order valence-electron chi connectivity index (χ3n) is 7.56. The molecule has 1 aliphatic heterocycles. The minimum absolute atomic E-state index is 0.0510. The topological polar surface area (TPSA) is 32.8 Å². The molecular weight excluding hydrogens is 433 g/mol. The van der Waals surface area contributed by atoms with E-state index in [9.17, 15) is 18.0 Å². The maximum atomic E-state index is 13.8. The average Bonchev–Trinajstić information content (AvgIpc) is 3.13. The van der Waals surface area contributed by atoms with Crippen LogP contribution in [0.1, 0.15) is 46.1 Å². The molecule has 0 unspecified atom stereocenters. The number of hydrogen-bond donors (Lipinski definition) is 0. The molecular formula is C24H39F3N2O2Si. The summed E-state index contributed by atoms with van der Waals surface area (Å²) in [5.41, 5.74) is 1.02. The molecule has 32 heavy (non-hydrogen) atoms. The molecule has 1 aromatic carbocycles. The summed E-state index contributed by atoms with van der Waals surface area (Å²) in [6, 6.07) is 9.06. The van der Waals surface area contributed by atoms with Gasteiger partial charge in [-0.15, -0.1) is 0 Å². The van der Waals surface area contributed by atoms with E-state index in [1.807, 2.05) is 30.3 Å². The number of benzene rings is 1. The number of hydrogen-bond acceptors (Lipinski definition) is 3. The first kappa shape index (κ1) is 26.9. The molecule has 1 saturated heterocycles. The highest BCUT2D eigenvalue weighted by Gasteiger charge is 2.53. The van der Waals surface area contributed by atoms with E-state index in [1.165, 1.54) is 0 Å². The molecule has 3 atom stereocenters. The van der Waals surface area contributed by atoms with Crippen molar-refractivity contribution in [3.05, 3.63) is 35.9 Å². The summed E-state index contributed by atoms with van der Waals surface area (Å²) in [7, 11) is -0.613. The van der Waals surface area contributed by atoms with Crippen LogP contribution in [0.15, 0.2) is 30.3 Å². The van der Waals surface area contributed by atoms with Crippen LogP contribution in [-0.2, 0) is 16.0 Å². The van der Waals surface area contributed by atoms with Gasteiger partial charge in [-0.1, -0.05) is 64.2 Å². The molecule has 0 N–H and O–H groups in total. The first-order chi connectivity index (χ1) is 14.7. The number of nitrogens with zero attached hydrogens (tertiary/aromatic N) is 2. The van der Waals surface area contributed by atoms with E-state index in [0.29, 0.717) is 26.0 Å². The highest BCUT2D eigenvalue weighted by atomic mass is 28.3. The van der Waals surface area contributed by atoms with Crippen LogP contribution in [0.2, 0.25) is 23.7 Å². The molecule has 1 aliphatic rings. The fourth-order valence-electron chi connectivity index (χ4n) is 4.75. The molecule has 1 amide bonds. The molecule has 1 fully saturated rings. The highest BCUT2D eigenvalue weighted by molar-refractivity contribution is 6.81. The molecule has 1 aromatic rings. The van der Waals surface area contributed by atoms with Crippen LogP contribution in [0.4, 0.5) is 13.2 Å². The van der Waals surface area contributed by atoms with E-state index in [2.05, 4.69) is 33.9 Å². The fraction of sp³-hybridized carbons (Fsp3) is 0.708. The van der Waals surface area contributed by atoms with Gasteiger partial charge in [-0.05, 0) is 42.3 Å². The molecule has 4 nitrogen and oxygen atoms in total. The Morgan fingerprint density at radius 2 is 1.81 bits per heavy atom. The molecule has 1 heterocycles. The first-order valence-electron chi connectivity index (χ1n) is 11.4. The van der Waals surface area contributed by atoms with Gasteiger partial charge in [-0.25, -0.2) is 5.01 Å². The van der Waals surface area contributed by atoms with Gasteiger partial charge in [0.15, 0.2) is 0 Å². The number of amides is 1. The number of rotatable bonds is 8. The van der Waals surface area contributed by atoms with Crippen LogP contribution >= 0.6 is 0 Å². The number of alkyl halides is 3. The Kier molecular flexibility index (Phi) is 8.62. The van der Waals surface area contributed by atoms with E-state index in [0.717, 1.165) is 17.0 Å². The molecule has 2 rings (SSSR count). The Morgan fingerprint density at radius 3 is 2.31 bits per heavy atom. The van der Waals surface area contributed by atoms with Gasteiger partial charge >= 0.3 is 12.1 Å². The zero-order valence-electron chi connectivity index (χ0n) is 20.5. The Balaban J connectivity index is 2.55. The zero-order valence-corrected chi connectivity index (χ0v) is 21.5. The quantitative estimate of drug-likeness (QED) is 0.441. The molecule has 0 spiro atoms. The Hall–Kier alpha value is -1.38. The second kappa shape index (κ2) is 10.3. The van der Waals surface area contributed by atoms with Gasteiger partial charge in [-0.3, -0.25) is 9.80 Å². The lowest BCUT2D eigenvalue weighted by atomic mass is 10.0. The summed E-state index contributed by atoms with van der Waals surface area (Å²) in [6.07, 6.45) is -2.83. The molecule has 0 aromatic heterocycles. The van der Waals surface area contributed by atoms with Gasteiger partial charge in [0.05, 0.1) is 20.7 Å². The summed E-state index contributed by atoms with van der Waals surface area (Å²) in [4.78, 5) is 12.8. The summed E-state index contributed by atoms with van der Waals surface area (Å²) >= 11 is 0. The molecule has 0 aliphatic carbocycles. The second-order valence-corrected chi connectivity index (χ2v) is 16.3. The summed E-state index contributed by atoms with van der Waals surface area (Å²) < 4.78 is 46.7. The Labute approximate surface area is 192 Å². The number of methoxy groups -OCH3 is 1. The Morgan fingerprint density at radius 1 is 1.22 bits per heavy atom. The van der Waals surface area contributed by atoms with Crippen LogP contribution in [-0.4, -0.2) is 62.5 Å². The summed E-state index contributed by atoms with van der Waals surface area (Å²) in [5, 5.41) is 2.63. The van der Waals surface area contributed by atoms with Crippen molar-refractivity contribution < 1.29 is 22.7 Å². The summed E-state index contributed by atoms with van der Waals surface area (Å²) in [6.45, 7) is 13.5. The molecule has 0 bridgehead atoms. The van der Waals surface area contributed by atoms with Gasteiger partial charge < -0.3 is 4.74 Å². The Bertz CT molecular complexity index is 750. The van der Waals surface area contributed by atoms with Crippen LogP contribution in [0.25, 0.3) is 0 Å². The fourth-order valence-corrected chi connectivity index (χ4v) is 7.96. The number of hydrazine groups is 1. The number of carbonyl (C=O) groups is 1.